The van der Waals surface area contributed by atoms with Crippen LogP contribution < -0.4 is 14.8 Å². The van der Waals surface area contributed by atoms with E-state index in [0.717, 1.165) is 0 Å². The van der Waals surface area contributed by atoms with Crippen molar-refractivity contribution in [2.45, 2.75) is 26.3 Å². The van der Waals surface area contributed by atoms with Crippen LogP contribution in [0.1, 0.15) is 20.3 Å². The Kier molecular flexibility index (Phi) is 6.52. The molecule has 1 aromatic carbocycles. The maximum Gasteiger partial charge on any atom is 0.326 e. The van der Waals surface area contributed by atoms with Crippen LogP contribution in [0.2, 0.25) is 0 Å². The Morgan fingerprint density at radius 3 is 2.57 bits per heavy atom. The molecule has 0 aliphatic heterocycles. The van der Waals surface area contributed by atoms with E-state index in [-0.39, 0.29) is 12.5 Å². The molecule has 0 radical (unpaired) electrons. The monoisotopic (exact) mass is 295 g/mol. The summed E-state index contributed by atoms with van der Waals surface area (Å²) in [5, 5.41) is 11.6. The smallest absolute Gasteiger partial charge is 0.326 e. The van der Waals surface area contributed by atoms with Crippen molar-refractivity contribution in [2.75, 3.05) is 13.7 Å². The first-order valence-corrected chi connectivity index (χ1v) is 6.77. The van der Waals surface area contributed by atoms with Crippen LogP contribution in [0.4, 0.5) is 0 Å². The van der Waals surface area contributed by atoms with Crippen molar-refractivity contribution in [1.82, 2.24) is 5.32 Å². The molecule has 0 heterocycles. The van der Waals surface area contributed by atoms with E-state index in [4.69, 9.17) is 14.6 Å². The zero-order valence-corrected chi connectivity index (χ0v) is 12.5. The summed E-state index contributed by atoms with van der Waals surface area (Å²) >= 11 is 0. The third-order valence-corrected chi connectivity index (χ3v) is 3.21. The van der Waals surface area contributed by atoms with Crippen LogP contribution in [0.15, 0.2) is 24.3 Å². The Hall–Kier alpha value is -2.24. The lowest BCUT2D eigenvalue weighted by molar-refractivity contribution is -0.143. The van der Waals surface area contributed by atoms with E-state index in [2.05, 4.69) is 5.32 Å². The summed E-state index contributed by atoms with van der Waals surface area (Å²) in [5.74, 6) is -0.552. The lowest BCUT2D eigenvalue weighted by atomic mass is 9.99. The molecule has 6 heteroatoms. The normalized spacial score (nSPS) is 13.1. The molecule has 2 unspecified atom stereocenters. The number of nitrogens with one attached hydrogen (secondary N) is 1. The second-order valence-electron chi connectivity index (χ2n) is 4.74. The number of methoxy groups -OCH3 is 1. The molecule has 6 nitrogen and oxygen atoms in total. The fourth-order valence-electron chi connectivity index (χ4n) is 1.74. The number of ether oxygens (including phenoxy) is 2. The number of carbonyl (C=O) groups excluding carboxylic acids is 1. The van der Waals surface area contributed by atoms with Crippen LogP contribution in [0.5, 0.6) is 11.5 Å². The van der Waals surface area contributed by atoms with Crippen molar-refractivity contribution in [1.29, 1.82) is 0 Å². The summed E-state index contributed by atoms with van der Waals surface area (Å²) in [6.07, 6.45) is 0.661. The van der Waals surface area contributed by atoms with Gasteiger partial charge < -0.3 is 19.9 Å². The first kappa shape index (κ1) is 16.8. The van der Waals surface area contributed by atoms with Gasteiger partial charge in [-0.05, 0) is 18.1 Å². The summed E-state index contributed by atoms with van der Waals surface area (Å²) in [6, 6.07) is 5.94. The maximum atomic E-state index is 11.8. The number of carboxylic acid groups (broad SMARTS) is 1. The average Bonchev–Trinajstić information content (AvgIpc) is 2.49. The van der Waals surface area contributed by atoms with E-state index in [1.54, 1.807) is 31.2 Å². The molecule has 1 amide bonds. The summed E-state index contributed by atoms with van der Waals surface area (Å²) in [7, 11) is 1.54. The minimum Gasteiger partial charge on any atom is -0.497 e. The number of carbonyl (C=O) groups is 2. The fourth-order valence-corrected chi connectivity index (χ4v) is 1.74. The largest absolute Gasteiger partial charge is 0.497 e. The molecule has 1 aromatic rings. The minimum absolute atomic E-state index is 0.150. The number of benzene rings is 1. The molecule has 0 aliphatic carbocycles. The number of amides is 1. The molecule has 0 saturated heterocycles. The van der Waals surface area contributed by atoms with E-state index < -0.39 is 17.9 Å². The third-order valence-electron chi connectivity index (χ3n) is 3.21. The van der Waals surface area contributed by atoms with Crippen molar-refractivity contribution in [2.24, 2.45) is 5.92 Å². The van der Waals surface area contributed by atoms with Gasteiger partial charge in [-0.1, -0.05) is 26.3 Å². The van der Waals surface area contributed by atoms with Crippen molar-refractivity contribution >= 4 is 11.9 Å². The number of carboxylic acids is 1. The standard InChI is InChI=1S/C15H21NO5/c1-4-10(2)14(15(18)19)16-13(17)9-21-12-7-5-6-11(8-12)20-3/h5-8,10,14H,4,9H2,1-3H3,(H,16,17)(H,18,19). The van der Waals surface area contributed by atoms with Crippen LogP contribution >= 0.6 is 0 Å². The highest BCUT2D eigenvalue weighted by molar-refractivity contribution is 5.84. The molecular weight excluding hydrogens is 274 g/mol. The summed E-state index contributed by atoms with van der Waals surface area (Å²) in [6.45, 7) is 3.41. The van der Waals surface area contributed by atoms with Gasteiger partial charge in [0, 0.05) is 6.07 Å². The molecule has 2 atom stereocenters. The molecule has 21 heavy (non-hydrogen) atoms. The fraction of sp³-hybridized carbons (Fsp3) is 0.467. The maximum absolute atomic E-state index is 11.8. The highest BCUT2D eigenvalue weighted by Crippen LogP contribution is 2.18. The topological polar surface area (TPSA) is 84.9 Å². The minimum atomic E-state index is -1.04. The van der Waals surface area contributed by atoms with Crippen LogP contribution in [-0.4, -0.2) is 36.7 Å². The van der Waals surface area contributed by atoms with E-state index in [1.807, 2.05) is 6.92 Å². The zero-order chi connectivity index (χ0) is 15.8. The van der Waals surface area contributed by atoms with Gasteiger partial charge in [-0.15, -0.1) is 0 Å². The van der Waals surface area contributed by atoms with Crippen molar-refractivity contribution in [3.05, 3.63) is 24.3 Å². The van der Waals surface area contributed by atoms with Gasteiger partial charge in [0.05, 0.1) is 7.11 Å². The SMILES string of the molecule is CCC(C)C(NC(=O)COc1cccc(OC)c1)C(=O)O. The molecule has 2 N–H and O–H groups in total. The Bertz CT molecular complexity index is 489. The molecule has 0 fully saturated rings. The average molecular weight is 295 g/mol. The van der Waals surface area contributed by atoms with Gasteiger partial charge in [-0.2, -0.15) is 0 Å². The predicted molar refractivity (Wildman–Crippen MR) is 77.5 cm³/mol. The van der Waals surface area contributed by atoms with Gasteiger partial charge in [-0.3, -0.25) is 4.79 Å². The molecule has 0 spiro atoms. The second kappa shape index (κ2) is 8.14. The molecule has 0 saturated carbocycles. The van der Waals surface area contributed by atoms with Crippen LogP contribution in [-0.2, 0) is 9.59 Å². The summed E-state index contributed by atoms with van der Waals surface area (Å²) in [4.78, 5) is 22.9. The lowest BCUT2D eigenvalue weighted by Gasteiger charge is -2.20. The third kappa shape index (κ3) is 5.33. The summed E-state index contributed by atoms with van der Waals surface area (Å²) in [5.41, 5.74) is 0. The van der Waals surface area contributed by atoms with Gasteiger partial charge in [-0.25, -0.2) is 4.79 Å². The van der Waals surface area contributed by atoms with E-state index in [0.29, 0.717) is 17.9 Å². The number of hydrogen-bond donors (Lipinski definition) is 2. The molecule has 1 rings (SSSR count). The van der Waals surface area contributed by atoms with Crippen molar-refractivity contribution in [3.63, 3.8) is 0 Å². The van der Waals surface area contributed by atoms with E-state index in [9.17, 15) is 9.59 Å². The molecule has 0 aromatic heterocycles. The first-order chi connectivity index (χ1) is 9.97. The Balaban J connectivity index is 2.54. The second-order valence-corrected chi connectivity index (χ2v) is 4.74. The molecule has 116 valence electrons. The first-order valence-electron chi connectivity index (χ1n) is 6.77. The predicted octanol–water partition coefficient (Wildman–Crippen LogP) is 1.69. The molecule has 0 aliphatic rings. The summed E-state index contributed by atoms with van der Waals surface area (Å²) < 4.78 is 10.4. The van der Waals surface area contributed by atoms with Gasteiger partial charge >= 0.3 is 5.97 Å². The number of aliphatic carboxylic acids is 1. The van der Waals surface area contributed by atoms with Gasteiger partial charge in [0.25, 0.3) is 5.91 Å². The zero-order valence-electron chi connectivity index (χ0n) is 12.5. The number of rotatable bonds is 8. The van der Waals surface area contributed by atoms with E-state index in [1.165, 1.54) is 7.11 Å². The van der Waals surface area contributed by atoms with Gasteiger partial charge in [0.2, 0.25) is 0 Å². The Morgan fingerprint density at radius 2 is 2.00 bits per heavy atom. The van der Waals surface area contributed by atoms with Crippen molar-refractivity contribution < 1.29 is 24.2 Å². The van der Waals surface area contributed by atoms with Crippen LogP contribution in [0.3, 0.4) is 0 Å². The van der Waals surface area contributed by atoms with E-state index >= 15 is 0 Å². The lowest BCUT2D eigenvalue weighted by Crippen LogP contribution is -2.46. The quantitative estimate of drug-likeness (QED) is 0.762. The Labute approximate surface area is 124 Å². The highest BCUT2D eigenvalue weighted by Gasteiger charge is 2.25. The molecule has 0 bridgehead atoms. The Morgan fingerprint density at radius 1 is 1.33 bits per heavy atom. The highest BCUT2D eigenvalue weighted by atomic mass is 16.5. The van der Waals surface area contributed by atoms with Gasteiger partial charge in [0.1, 0.15) is 17.5 Å². The van der Waals surface area contributed by atoms with Crippen LogP contribution in [0.25, 0.3) is 0 Å². The molecular formula is C15H21NO5. The number of hydrogen-bond acceptors (Lipinski definition) is 4. The van der Waals surface area contributed by atoms with Crippen molar-refractivity contribution in [3.8, 4) is 11.5 Å². The van der Waals surface area contributed by atoms with Gasteiger partial charge in [0.15, 0.2) is 6.61 Å². The van der Waals surface area contributed by atoms with Crippen LogP contribution in [0, 0.1) is 5.92 Å².